The molecule has 0 heterocycles. The molecule has 1 unspecified atom stereocenters. The summed E-state index contributed by atoms with van der Waals surface area (Å²) in [5.74, 6) is -0.252. The molecule has 0 N–H and O–H groups in total. The van der Waals surface area contributed by atoms with Crippen LogP contribution in [-0.4, -0.2) is 11.8 Å². The van der Waals surface area contributed by atoms with Gasteiger partial charge in [0.15, 0.2) is 5.78 Å². The molecule has 3 nitrogen and oxygen atoms in total. The lowest BCUT2D eigenvalue weighted by atomic mass is 9.68. The van der Waals surface area contributed by atoms with E-state index in [1.807, 2.05) is 6.07 Å². The molecule has 0 spiro atoms. The van der Waals surface area contributed by atoms with Crippen LogP contribution in [-0.2, 0) is 14.3 Å². The summed E-state index contributed by atoms with van der Waals surface area (Å²) < 4.78 is 5.70. The van der Waals surface area contributed by atoms with Crippen LogP contribution in [0.15, 0.2) is 18.2 Å². The van der Waals surface area contributed by atoms with E-state index in [9.17, 15) is 9.59 Å². The second-order valence-corrected chi connectivity index (χ2v) is 7.03. The molecule has 0 bridgehead atoms. The topological polar surface area (TPSA) is 43.4 Å². The molecule has 0 saturated heterocycles. The number of ketones is 1. The third kappa shape index (κ3) is 2.50. The first-order chi connectivity index (χ1) is 10.9. The van der Waals surface area contributed by atoms with Crippen molar-refractivity contribution in [3.63, 3.8) is 0 Å². The SMILES string of the molecule is CCC[C@@]12CCC(=O)C=C1c1c(ccc(Cl)c1Cl)C2OC(C)=O. The third-order valence-corrected chi connectivity index (χ3v) is 5.62. The standard InChI is InChI=1S/C18H18Cl2O3/c1-3-7-18-8-6-11(22)9-13(18)15-12(17(18)23-10(2)21)4-5-14(19)16(15)20/h4-5,9,17H,3,6-8H2,1-2H3/t17?,18-/m1/s1. The number of allylic oxidation sites excluding steroid dienone is 1. The van der Waals surface area contributed by atoms with Crippen LogP contribution in [0, 0.1) is 5.41 Å². The minimum atomic E-state index is -0.413. The van der Waals surface area contributed by atoms with Crippen molar-refractivity contribution >= 4 is 40.5 Å². The number of rotatable bonds is 3. The molecule has 0 fully saturated rings. The second kappa shape index (κ2) is 5.95. The predicted molar refractivity (Wildman–Crippen MR) is 90.5 cm³/mol. The lowest BCUT2D eigenvalue weighted by Crippen LogP contribution is -2.31. The van der Waals surface area contributed by atoms with Crippen LogP contribution in [0.25, 0.3) is 5.57 Å². The molecule has 2 atom stereocenters. The summed E-state index contributed by atoms with van der Waals surface area (Å²) in [4.78, 5) is 23.7. The first kappa shape index (κ1) is 16.5. The summed E-state index contributed by atoms with van der Waals surface area (Å²) >= 11 is 12.6. The summed E-state index contributed by atoms with van der Waals surface area (Å²) in [5.41, 5.74) is 2.12. The van der Waals surface area contributed by atoms with Gasteiger partial charge in [0.2, 0.25) is 0 Å². The number of ether oxygens (including phenoxy) is 1. The van der Waals surface area contributed by atoms with Gasteiger partial charge in [0.1, 0.15) is 6.10 Å². The Morgan fingerprint density at radius 2 is 2.13 bits per heavy atom. The number of esters is 1. The number of hydrogen-bond donors (Lipinski definition) is 0. The molecule has 1 aromatic carbocycles. The maximum absolute atomic E-state index is 12.0. The molecule has 3 rings (SSSR count). The smallest absolute Gasteiger partial charge is 0.303 e. The maximum Gasteiger partial charge on any atom is 0.303 e. The number of carbonyl (C=O) groups excluding carboxylic acids is 2. The highest BCUT2D eigenvalue weighted by atomic mass is 35.5. The normalized spacial score (nSPS) is 25.7. The highest BCUT2D eigenvalue weighted by Gasteiger charge is 2.53. The van der Waals surface area contributed by atoms with Gasteiger partial charge in [-0.2, -0.15) is 0 Å². The van der Waals surface area contributed by atoms with E-state index >= 15 is 0 Å². The van der Waals surface area contributed by atoms with Crippen molar-refractivity contribution in [1.82, 2.24) is 0 Å². The summed E-state index contributed by atoms with van der Waals surface area (Å²) in [6, 6.07) is 3.58. The van der Waals surface area contributed by atoms with Gasteiger partial charge in [-0.3, -0.25) is 9.59 Å². The Morgan fingerprint density at radius 1 is 1.39 bits per heavy atom. The van der Waals surface area contributed by atoms with Crippen molar-refractivity contribution in [2.24, 2.45) is 5.41 Å². The molecule has 0 aliphatic heterocycles. The van der Waals surface area contributed by atoms with Crippen molar-refractivity contribution in [1.29, 1.82) is 0 Å². The number of hydrogen-bond acceptors (Lipinski definition) is 3. The lowest BCUT2D eigenvalue weighted by molar-refractivity contribution is -0.152. The van der Waals surface area contributed by atoms with Crippen molar-refractivity contribution in [3.8, 4) is 0 Å². The lowest BCUT2D eigenvalue weighted by Gasteiger charge is -2.38. The van der Waals surface area contributed by atoms with E-state index in [2.05, 4.69) is 6.92 Å². The van der Waals surface area contributed by atoms with Crippen molar-refractivity contribution in [3.05, 3.63) is 39.4 Å². The highest BCUT2D eigenvalue weighted by molar-refractivity contribution is 6.43. The van der Waals surface area contributed by atoms with Gasteiger partial charge in [-0.15, -0.1) is 0 Å². The largest absolute Gasteiger partial charge is 0.457 e. The third-order valence-electron chi connectivity index (χ3n) is 4.82. The van der Waals surface area contributed by atoms with Gasteiger partial charge < -0.3 is 4.74 Å². The zero-order chi connectivity index (χ0) is 16.8. The number of carbonyl (C=O) groups is 2. The predicted octanol–water partition coefficient (Wildman–Crippen LogP) is 5.14. The van der Waals surface area contributed by atoms with Gasteiger partial charge >= 0.3 is 5.97 Å². The van der Waals surface area contributed by atoms with Crippen LogP contribution in [0.1, 0.15) is 56.8 Å². The maximum atomic E-state index is 12.0. The Bertz CT molecular complexity index is 723. The van der Waals surface area contributed by atoms with Gasteiger partial charge in [-0.05, 0) is 30.6 Å². The summed E-state index contributed by atoms with van der Waals surface area (Å²) in [5, 5.41) is 0.874. The van der Waals surface area contributed by atoms with Gasteiger partial charge in [-0.25, -0.2) is 0 Å². The van der Waals surface area contributed by atoms with Crippen LogP contribution < -0.4 is 0 Å². The number of benzene rings is 1. The first-order valence-corrected chi connectivity index (χ1v) is 8.57. The van der Waals surface area contributed by atoms with Gasteiger partial charge in [0.05, 0.1) is 10.0 Å². The van der Waals surface area contributed by atoms with E-state index in [-0.39, 0.29) is 17.2 Å². The van der Waals surface area contributed by atoms with E-state index in [0.29, 0.717) is 22.9 Å². The number of fused-ring (bicyclic) bond motifs is 3. The first-order valence-electron chi connectivity index (χ1n) is 7.81. The summed E-state index contributed by atoms with van der Waals surface area (Å²) in [7, 11) is 0. The van der Waals surface area contributed by atoms with Crippen molar-refractivity contribution < 1.29 is 14.3 Å². The fourth-order valence-electron chi connectivity index (χ4n) is 3.99. The molecule has 0 radical (unpaired) electrons. The molecule has 2 aliphatic carbocycles. The minimum Gasteiger partial charge on any atom is -0.457 e. The van der Waals surface area contributed by atoms with Crippen molar-refractivity contribution in [2.45, 2.75) is 45.6 Å². The summed E-state index contributed by atoms with van der Waals surface area (Å²) in [6.07, 6.45) is 4.12. The second-order valence-electron chi connectivity index (χ2n) is 6.25. The van der Waals surface area contributed by atoms with E-state index in [0.717, 1.165) is 29.5 Å². The fraction of sp³-hybridized carbons (Fsp3) is 0.444. The Hall–Kier alpha value is -1.32. The fourth-order valence-corrected chi connectivity index (χ4v) is 4.42. The van der Waals surface area contributed by atoms with Gasteiger partial charge in [0, 0.05) is 29.9 Å². The van der Waals surface area contributed by atoms with Crippen LogP contribution in [0.5, 0.6) is 0 Å². The highest BCUT2D eigenvalue weighted by Crippen LogP contribution is 2.63. The molecular formula is C18H18Cl2O3. The quantitative estimate of drug-likeness (QED) is 0.707. The van der Waals surface area contributed by atoms with Crippen LogP contribution >= 0.6 is 23.2 Å². The molecular weight excluding hydrogens is 335 g/mol. The Morgan fingerprint density at radius 3 is 2.78 bits per heavy atom. The molecule has 0 saturated carbocycles. The molecule has 5 heteroatoms. The molecule has 0 amide bonds. The Kier molecular flexibility index (Phi) is 4.28. The van der Waals surface area contributed by atoms with Crippen LogP contribution in [0.4, 0.5) is 0 Å². The van der Waals surface area contributed by atoms with E-state index in [4.69, 9.17) is 27.9 Å². The Balaban J connectivity index is 2.28. The zero-order valence-electron chi connectivity index (χ0n) is 13.1. The number of halogens is 2. The average molecular weight is 353 g/mol. The van der Waals surface area contributed by atoms with Crippen molar-refractivity contribution in [2.75, 3.05) is 0 Å². The van der Waals surface area contributed by atoms with E-state index in [1.54, 1.807) is 12.1 Å². The molecule has 0 aromatic heterocycles. The van der Waals surface area contributed by atoms with Gasteiger partial charge in [-0.1, -0.05) is 42.6 Å². The zero-order valence-corrected chi connectivity index (χ0v) is 14.6. The minimum absolute atomic E-state index is 0.0807. The molecule has 23 heavy (non-hydrogen) atoms. The van der Waals surface area contributed by atoms with E-state index in [1.165, 1.54) is 6.92 Å². The Labute approximate surface area is 145 Å². The molecule has 2 aliphatic rings. The molecule has 1 aromatic rings. The summed E-state index contributed by atoms with van der Waals surface area (Å²) in [6.45, 7) is 3.50. The monoisotopic (exact) mass is 352 g/mol. The average Bonchev–Trinajstić information content (AvgIpc) is 2.74. The van der Waals surface area contributed by atoms with E-state index < -0.39 is 6.10 Å². The van der Waals surface area contributed by atoms with Crippen LogP contribution in [0.3, 0.4) is 0 Å². The van der Waals surface area contributed by atoms with Gasteiger partial charge in [0.25, 0.3) is 0 Å². The molecule has 122 valence electrons. The van der Waals surface area contributed by atoms with Crippen LogP contribution in [0.2, 0.25) is 10.0 Å².